The molecule has 0 saturated carbocycles. The number of carbonyl (C=O) groups is 1. The highest BCUT2D eigenvalue weighted by molar-refractivity contribution is 6.31. The number of aromatic nitrogens is 2. The number of allylic oxidation sites excluding steroid dienone is 3. The van der Waals surface area contributed by atoms with Crippen molar-refractivity contribution in [3.8, 4) is 5.88 Å². The van der Waals surface area contributed by atoms with E-state index in [0.717, 1.165) is 30.9 Å². The number of anilines is 1. The SMILES string of the molecule is C=C1C=C(C(F)(F)F)N(C)C(=O)N1c1nc(C)c(Cl)cc1F.CCC=C(COc1ncccc1C)OCC. The standard InChI is InChI=1S/C13H10ClF4N3O.C13H19NO2/c1-6-4-10(13(16,17)18)20(3)12(22)21(6)11-9(15)5-8(14)7(2)19-11;1-4-7-12(15-5-2)10-16-13-11(3)8-6-9-14-13/h4-5H,1H2,2-3H3;6-9H,4-5,10H2,1-3H3. The Bertz CT molecular complexity index is 1230. The molecule has 0 aromatic carbocycles. The van der Waals surface area contributed by atoms with Gasteiger partial charge in [0.25, 0.3) is 0 Å². The molecule has 0 radical (unpaired) electrons. The number of hydrogen-bond acceptors (Lipinski definition) is 5. The number of alkyl halides is 3. The van der Waals surface area contributed by atoms with E-state index in [1.54, 1.807) is 6.20 Å². The number of hydrogen-bond donors (Lipinski definition) is 0. The molecule has 0 atom stereocenters. The molecule has 0 spiro atoms. The van der Waals surface area contributed by atoms with Crippen LogP contribution in [-0.4, -0.2) is 47.3 Å². The van der Waals surface area contributed by atoms with Crippen molar-refractivity contribution in [1.29, 1.82) is 0 Å². The summed E-state index contributed by atoms with van der Waals surface area (Å²) in [7, 11) is 0.932. The molecular formula is C26H29ClF4N4O3. The predicted molar refractivity (Wildman–Crippen MR) is 137 cm³/mol. The first-order valence-electron chi connectivity index (χ1n) is 11.6. The highest BCUT2D eigenvalue weighted by Crippen LogP contribution is 2.36. The second-order valence-corrected chi connectivity index (χ2v) is 8.39. The van der Waals surface area contributed by atoms with Gasteiger partial charge in [-0.3, -0.25) is 4.90 Å². The van der Waals surface area contributed by atoms with Gasteiger partial charge in [0.15, 0.2) is 11.6 Å². The van der Waals surface area contributed by atoms with Gasteiger partial charge in [0.2, 0.25) is 5.88 Å². The Morgan fingerprint density at radius 1 is 1.26 bits per heavy atom. The van der Waals surface area contributed by atoms with Crippen molar-refractivity contribution in [2.45, 2.75) is 40.3 Å². The van der Waals surface area contributed by atoms with E-state index < -0.39 is 29.5 Å². The number of aryl methyl sites for hydroxylation is 2. The lowest BCUT2D eigenvalue weighted by Gasteiger charge is -2.34. The summed E-state index contributed by atoms with van der Waals surface area (Å²) in [5.41, 5.74) is -0.268. The van der Waals surface area contributed by atoms with E-state index in [2.05, 4.69) is 23.5 Å². The third kappa shape index (κ3) is 7.70. The molecule has 206 valence electrons. The minimum Gasteiger partial charge on any atom is -0.495 e. The molecular weight excluding hydrogens is 528 g/mol. The van der Waals surface area contributed by atoms with Crippen LogP contribution in [0.25, 0.3) is 0 Å². The summed E-state index contributed by atoms with van der Waals surface area (Å²) in [5.74, 6) is 0.142. The molecule has 12 heteroatoms. The molecule has 0 fully saturated rings. The Labute approximate surface area is 224 Å². The number of rotatable bonds is 7. The van der Waals surface area contributed by atoms with Crippen molar-refractivity contribution in [3.63, 3.8) is 0 Å². The minimum atomic E-state index is -4.73. The number of carbonyl (C=O) groups excluding carboxylic acids is 1. The molecule has 3 rings (SSSR count). The van der Waals surface area contributed by atoms with Gasteiger partial charge in [-0.15, -0.1) is 0 Å². The molecule has 0 saturated heterocycles. The molecule has 3 heterocycles. The zero-order valence-corrected chi connectivity index (χ0v) is 22.5. The lowest BCUT2D eigenvalue weighted by molar-refractivity contribution is -0.106. The summed E-state index contributed by atoms with van der Waals surface area (Å²) in [4.78, 5) is 21.2. The number of ether oxygens (including phenoxy) is 2. The van der Waals surface area contributed by atoms with Crippen LogP contribution in [0.4, 0.5) is 28.2 Å². The van der Waals surface area contributed by atoms with Gasteiger partial charge in [0, 0.05) is 24.5 Å². The van der Waals surface area contributed by atoms with Crippen LogP contribution in [0.1, 0.15) is 31.5 Å². The van der Waals surface area contributed by atoms with Crippen molar-refractivity contribution in [3.05, 3.63) is 82.4 Å². The lowest BCUT2D eigenvalue weighted by Crippen LogP contribution is -2.47. The van der Waals surface area contributed by atoms with Crippen LogP contribution in [0.15, 0.2) is 60.3 Å². The van der Waals surface area contributed by atoms with Crippen LogP contribution in [0.5, 0.6) is 5.88 Å². The normalized spacial score (nSPS) is 14.2. The second-order valence-electron chi connectivity index (χ2n) is 7.98. The van der Waals surface area contributed by atoms with Gasteiger partial charge < -0.3 is 9.47 Å². The quantitative estimate of drug-likeness (QED) is 0.268. The van der Waals surface area contributed by atoms with E-state index in [9.17, 15) is 22.4 Å². The Hall–Kier alpha value is -3.60. The lowest BCUT2D eigenvalue weighted by atomic mass is 10.2. The number of halogens is 5. The van der Waals surface area contributed by atoms with Crippen LogP contribution < -0.4 is 9.64 Å². The number of urea groups is 1. The fourth-order valence-corrected chi connectivity index (χ4v) is 3.37. The Kier molecular flexibility index (Phi) is 10.7. The van der Waals surface area contributed by atoms with Crippen molar-refractivity contribution in [2.75, 3.05) is 25.2 Å². The van der Waals surface area contributed by atoms with Crippen molar-refractivity contribution >= 4 is 23.4 Å². The third-order valence-corrected chi connectivity index (χ3v) is 5.48. The largest absolute Gasteiger partial charge is 0.495 e. The summed E-state index contributed by atoms with van der Waals surface area (Å²) in [6, 6.07) is 3.69. The Balaban J connectivity index is 0.000000281. The molecule has 2 aromatic heterocycles. The average Bonchev–Trinajstić information content (AvgIpc) is 2.84. The molecule has 0 unspecified atom stereocenters. The predicted octanol–water partition coefficient (Wildman–Crippen LogP) is 7.11. The smallest absolute Gasteiger partial charge is 0.431 e. The highest BCUT2D eigenvalue weighted by Gasteiger charge is 2.44. The maximum absolute atomic E-state index is 14.0. The first-order valence-corrected chi connectivity index (χ1v) is 11.9. The number of amides is 2. The Morgan fingerprint density at radius 2 is 1.95 bits per heavy atom. The molecule has 1 aliphatic rings. The van der Waals surface area contributed by atoms with Gasteiger partial charge in [-0.05, 0) is 51.5 Å². The second kappa shape index (κ2) is 13.3. The Morgan fingerprint density at radius 3 is 2.53 bits per heavy atom. The maximum atomic E-state index is 14.0. The molecule has 0 N–H and O–H groups in total. The van der Waals surface area contributed by atoms with Crippen LogP contribution in [-0.2, 0) is 4.74 Å². The van der Waals surface area contributed by atoms with E-state index in [-0.39, 0.29) is 16.4 Å². The average molecular weight is 557 g/mol. The zero-order valence-electron chi connectivity index (χ0n) is 21.7. The molecule has 2 aromatic rings. The van der Waals surface area contributed by atoms with Crippen LogP contribution >= 0.6 is 11.6 Å². The van der Waals surface area contributed by atoms with Crippen molar-refractivity contribution < 1.29 is 31.8 Å². The molecule has 0 bridgehead atoms. The van der Waals surface area contributed by atoms with E-state index in [1.165, 1.54) is 6.92 Å². The van der Waals surface area contributed by atoms with Crippen LogP contribution in [0.2, 0.25) is 5.02 Å². The highest BCUT2D eigenvalue weighted by atomic mass is 35.5. The summed E-state index contributed by atoms with van der Waals surface area (Å²) in [6.45, 7) is 12.0. The van der Waals surface area contributed by atoms with E-state index >= 15 is 0 Å². The molecule has 2 amide bonds. The first kappa shape index (κ1) is 30.6. The summed E-state index contributed by atoms with van der Waals surface area (Å²) in [5, 5.41) is 0.0381. The van der Waals surface area contributed by atoms with Gasteiger partial charge in [-0.25, -0.2) is 24.1 Å². The first-order chi connectivity index (χ1) is 17.8. The maximum Gasteiger partial charge on any atom is 0.431 e. The molecule has 7 nitrogen and oxygen atoms in total. The monoisotopic (exact) mass is 556 g/mol. The van der Waals surface area contributed by atoms with Gasteiger partial charge in [0.1, 0.15) is 18.1 Å². The van der Waals surface area contributed by atoms with Crippen molar-refractivity contribution in [1.82, 2.24) is 14.9 Å². The zero-order chi connectivity index (χ0) is 28.6. The van der Waals surface area contributed by atoms with Crippen LogP contribution in [0, 0.1) is 19.7 Å². The summed E-state index contributed by atoms with van der Waals surface area (Å²) in [6.07, 6.45) is 0.613. The van der Waals surface area contributed by atoms with Crippen molar-refractivity contribution in [2.24, 2.45) is 0 Å². The summed E-state index contributed by atoms with van der Waals surface area (Å²) < 4.78 is 63.5. The van der Waals surface area contributed by atoms with Crippen LogP contribution in [0.3, 0.4) is 0 Å². The third-order valence-electron chi connectivity index (χ3n) is 5.09. The van der Waals surface area contributed by atoms with Gasteiger partial charge in [-0.2, -0.15) is 13.2 Å². The van der Waals surface area contributed by atoms with E-state index in [0.29, 0.717) is 35.0 Å². The minimum absolute atomic E-state index is 0.0381. The van der Waals surface area contributed by atoms with E-state index in [4.69, 9.17) is 21.1 Å². The van der Waals surface area contributed by atoms with E-state index in [1.807, 2.05) is 32.1 Å². The molecule has 1 aliphatic heterocycles. The fourth-order valence-electron chi connectivity index (χ4n) is 3.23. The van der Waals surface area contributed by atoms with Gasteiger partial charge >= 0.3 is 12.2 Å². The topological polar surface area (TPSA) is 67.8 Å². The summed E-state index contributed by atoms with van der Waals surface area (Å²) >= 11 is 5.71. The number of nitrogens with zero attached hydrogens (tertiary/aromatic N) is 4. The molecule has 0 aliphatic carbocycles. The van der Waals surface area contributed by atoms with Gasteiger partial charge in [0.05, 0.1) is 17.3 Å². The molecule has 38 heavy (non-hydrogen) atoms. The van der Waals surface area contributed by atoms with Gasteiger partial charge in [-0.1, -0.05) is 31.2 Å². The number of pyridine rings is 2. The fraction of sp³-hybridized carbons (Fsp3) is 0.346.